The van der Waals surface area contributed by atoms with Gasteiger partial charge in [0.2, 0.25) is 5.91 Å². The van der Waals surface area contributed by atoms with E-state index in [2.05, 4.69) is 36.4 Å². The highest BCUT2D eigenvalue weighted by Gasteiger charge is 2.44. The summed E-state index contributed by atoms with van der Waals surface area (Å²) in [4.78, 5) is 13.8. The normalized spacial score (nSPS) is 18.1. The average Bonchev–Trinajstić information content (AvgIpc) is 3.22. The summed E-state index contributed by atoms with van der Waals surface area (Å²) in [5, 5.41) is 17.8. The van der Waals surface area contributed by atoms with Crippen LogP contribution < -0.4 is 5.32 Å². The molecule has 1 aliphatic carbocycles. The van der Waals surface area contributed by atoms with Crippen LogP contribution in [0.15, 0.2) is 54.9 Å². The van der Waals surface area contributed by atoms with Crippen molar-refractivity contribution < 1.29 is 9.90 Å². The molecular formula is C26H31N3O2. The topological polar surface area (TPSA) is 67.2 Å². The summed E-state index contributed by atoms with van der Waals surface area (Å²) in [5.74, 6) is 0.614. The van der Waals surface area contributed by atoms with Crippen molar-refractivity contribution in [2.75, 3.05) is 5.32 Å². The number of nitrogens with one attached hydrogen (secondary N) is 1. The van der Waals surface area contributed by atoms with Crippen LogP contribution in [0.1, 0.15) is 61.8 Å². The molecule has 3 aromatic rings. The molecule has 31 heavy (non-hydrogen) atoms. The fraction of sp³-hybridized carbons (Fsp3) is 0.385. The Morgan fingerprint density at radius 2 is 2.00 bits per heavy atom. The van der Waals surface area contributed by atoms with Crippen molar-refractivity contribution in [1.29, 1.82) is 0 Å². The maximum absolute atomic E-state index is 13.8. The van der Waals surface area contributed by atoms with E-state index in [4.69, 9.17) is 0 Å². The maximum atomic E-state index is 13.8. The lowest BCUT2D eigenvalue weighted by atomic mass is 9.66. The number of carbonyl (C=O) groups is 1. The van der Waals surface area contributed by atoms with Gasteiger partial charge in [0.25, 0.3) is 0 Å². The monoisotopic (exact) mass is 417 g/mol. The van der Waals surface area contributed by atoms with E-state index in [1.807, 2.05) is 42.2 Å². The molecule has 1 unspecified atom stereocenters. The van der Waals surface area contributed by atoms with E-state index >= 15 is 0 Å². The van der Waals surface area contributed by atoms with Crippen molar-refractivity contribution in [2.45, 2.75) is 64.3 Å². The number of carbonyl (C=O) groups excluding carboxylic acids is 1. The number of hydrogen-bond donors (Lipinski definition) is 2. The largest absolute Gasteiger partial charge is 0.508 e. The molecule has 2 aromatic carbocycles. The van der Waals surface area contributed by atoms with E-state index in [1.54, 1.807) is 12.1 Å². The van der Waals surface area contributed by atoms with Crippen molar-refractivity contribution >= 4 is 11.6 Å². The Labute approximate surface area is 184 Å². The molecule has 1 heterocycles. The predicted molar refractivity (Wildman–Crippen MR) is 123 cm³/mol. The minimum Gasteiger partial charge on any atom is -0.508 e. The van der Waals surface area contributed by atoms with Crippen LogP contribution in [-0.2, 0) is 29.6 Å². The van der Waals surface area contributed by atoms with Gasteiger partial charge in [0.1, 0.15) is 5.75 Å². The van der Waals surface area contributed by atoms with Crippen LogP contribution in [0.5, 0.6) is 5.75 Å². The molecule has 0 fully saturated rings. The minimum absolute atomic E-state index is 0.0272. The van der Waals surface area contributed by atoms with Crippen molar-refractivity contribution in [3.05, 3.63) is 77.1 Å². The third-order valence-corrected chi connectivity index (χ3v) is 6.45. The Morgan fingerprint density at radius 3 is 2.68 bits per heavy atom. The van der Waals surface area contributed by atoms with Gasteiger partial charge in [0.15, 0.2) is 0 Å². The third kappa shape index (κ3) is 4.22. The molecule has 0 saturated carbocycles. The maximum Gasteiger partial charge on any atom is 0.235 e. The van der Waals surface area contributed by atoms with E-state index < -0.39 is 5.41 Å². The number of phenols is 1. The number of amides is 1. The van der Waals surface area contributed by atoms with E-state index in [1.165, 1.54) is 5.56 Å². The molecule has 0 bridgehead atoms. The number of aromatic nitrogens is 2. The van der Waals surface area contributed by atoms with Gasteiger partial charge >= 0.3 is 0 Å². The van der Waals surface area contributed by atoms with Gasteiger partial charge in [0.05, 0.1) is 11.6 Å². The Kier molecular flexibility index (Phi) is 5.86. The van der Waals surface area contributed by atoms with E-state index in [0.29, 0.717) is 12.3 Å². The number of benzene rings is 2. The van der Waals surface area contributed by atoms with Crippen LogP contribution in [0.3, 0.4) is 0 Å². The zero-order valence-electron chi connectivity index (χ0n) is 18.6. The first-order chi connectivity index (χ1) is 14.9. The van der Waals surface area contributed by atoms with Gasteiger partial charge in [-0.3, -0.25) is 9.48 Å². The summed E-state index contributed by atoms with van der Waals surface area (Å²) in [5.41, 5.74) is 4.39. The summed E-state index contributed by atoms with van der Waals surface area (Å²) < 4.78 is 1.89. The Morgan fingerprint density at radius 1 is 1.23 bits per heavy atom. The first kappa shape index (κ1) is 21.2. The molecular weight excluding hydrogens is 386 g/mol. The van der Waals surface area contributed by atoms with Crippen molar-refractivity contribution in [3.8, 4) is 5.75 Å². The average molecular weight is 418 g/mol. The Balaban J connectivity index is 1.72. The number of aryl methyl sites for hydroxylation is 2. The number of aromatic hydroxyl groups is 1. The summed E-state index contributed by atoms with van der Waals surface area (Å²) in [6.45, 7) is 7.15. The molecule has 5 nitrogen and oxygen atoms in total. The van der Waals surface area contributed by atoms with Crippen LogP contribution >= 0.6 is 0 Å². The molecule has 0 spiro atoms. The third-order valence-electron chi connectivity index (χ3n) is 6.45. The lowest BCUT2D eigenvalue weighted by Crippen LogP contribution is -2.44. The minimum atomic E-state index is -0.745. The van der Waals surface area contributed by atoms with Crippen LogP contribution in [0.25, 0.3) is 0 Å². The lowest BCUT2D eigenvalue weighted by molar-refractivity contribution is -0.122. The first-order valence-electron chi connectivity index (χ1n) is 11.2. The molecule has 0 aliphatic heterocycles. The van der Waals surface area contributed by atoms with Crippen molar-refractivity contribution in [2.24, 2.45) is 0 Å². The van der Waals surface area contributed by atoms with Gasteiger partial charge in [-0.2, -0.15) is 5.10 Å². The number of fused-ring (bicyclic) bond motifs is 1. The van der Waals surface area contributed by atoms with E-state index in [-0.39, 0.29) is 11.7 Å². The highest BCUT2D eigenvalue weighted by molar-refractivity contribution is 6.00. The van der Waals surface area contributed by atoms with Gasteiger partial charge in [-0.1, -0.05) is 32.0 Å². The van der Waals surface area contributed by atoms with Crippen LogP contribution in [-0.4, -0.2) is 20.8 Å². The quantitative estimate of drug-likeness (QED) is 0.580. The van der Waals surface area contributed by atoms with Crippen molar-refractivity contribution in [1.82, 2.24) is 9.78 Å². The summed E-state index contributed by atoms with van der Waals surface area (Å²) in [7, 11) is 0. The first-order valence-corrected chi connectivity index (χ1v) is 11.2. The Bertz CT molecular complexity index is 1070. The van der Waals surface area contributed by atoms with Gasteiger partial charge in [-0.15, -0.1) is 0 Å². The lowest BCUT2D eigenvalue weighted by Gasteiger charge is -2.38. The Hall–Kier alpha value is -3.08. The summed E-state index contributed by atoms with van der Waals surface area (Å²) in [6.07, 6.45) is 7.01. The second-order valence-electron chi connectivity index (χ2n) is 8.89. The molecule has 0 saturated heterocycles. The number of phenolic OH excluding ortho intramolecular Hbond substituents is 1. The standard InChI is InChI=1S/C26H31N3O2/c1-4-29-17-19(16-27-29)15-26(13-5-6-21-9-12-23(30)14-24(21)26)25(31)28-22-10-7-20(8-11-22)18(2)3/h7-12,14,16-18,30H,4-6,13,15H2,1-3H3,(H,28,31). The van der Waals surface area contributed by atoms with Crippen LogP contribution in [0.4, 0.5) is 5.69 Å². The highest BCUT2D eigenvalue weighted by Crippen LogP contribution is 2.42. The van der Waals surface area contributed by atoms with Crippen LogP contribution in [0, 0.1) is 0 Å². The molecule has 5 heteroatoms. The smallest absolute Gasteiger partial charge is 0.235 e. The zero-order valence-corrected chi connectivity index (χ0v) is 18.6. The zero-order chi connectivity index (χ0) is 22.0. The van der Waals surface area contributed by atoms with Gasteiger partial charge < -0.3 is 10.4 Å². The SMILES string of the molecule is CCn1cc(CC2(C(=O)Nc3ccc(C(C)C)cc3)CCCc3ccc(O)cc32)cn1. The number of hydrogen-bond acceptors (Lipinski definition) is 3. The fourth-order valence-corrected chi connectivity index (χ4v) is 4.66. The van der Waals surface area contributed by atoms with Crippen molar-refractivity contribution in [3.63, 3.8) is 0 Å². The van der Waals surface area contributed by atoms with E-state index in [9.17, 15) is 9.90 Å². The predicted octanol–water partition coefficient (Wildman–Crippen LogP) is 5.19. The molecule has 1 atom stereocenters. The van der Waals surface area contributed by atoms with E-state index in [0.717, 1.165) is 48.2 Å². The molecule has 2 N–H and O–H groups in total. The van der Waals surface area contributed by atoms with Gasteiger partial charge in [-0.25, -0.2) is 0 Å². The second kappa shape index (κ2) is 8.58. The molecule has 1 amide bonds. The highest BCUT2D eigenvalue weighted by atomic mass is 16.3. The molecule has 1 aliphatic rings. The number of rotatable bonds is 6. The van der Waals surface area contributed by atoms with Gasteiger partial charge in [-0.05, 0) is 85.0 Å². The molecule has 0 radical (unpaired) electrons. The number of nitrogens with zero attached hydrogens (tertiary/aromatic N) is 2. The van der Waals surface area contributed by atoms with Gasteiger partial charge in [0, 0.05) is 18.4 Å². The molecule has 4 rings (SSSR count). The number of anilines is 1. The van der Waals surface area contributed by atoms with Crippen LogP contribution in [0.2, 0.25) is 0 Å². The molecule has 1 aromatic heterocycles. The molecule has 162 valence electrons. The summed E-state index contributed by atoms with van der Waals surface area (Å²) in [6, 6.07) is 13.5. The second-order valence-corrected chi connectivity index (χ2v) is 8.89. The fourth-order valence-electron chi connectivity index (χ4n) is 4.66. The summed E-state index contributed by atoms with van der Waals surface area (Å²) >= 11 is 0.